The minimum atomic E-state index is -1.82. The SMILES string of the molecule is CCCCC(=CCO)C(O)[C@H](O)[C@@H](O)[C@H](O)[C@H](O)CO. The van der Waals surface area contributed by atoms with Crippen molar-refractivity contribution in [3.05, 3.63) is 11.6 Å². The molecule has 0 heterocycles. The molecule has 0 fully saturated rings. The molecule has 1 unspecified atom stereocenters. The second-order valence-corrected chi connectivity index (χ2v) is 4.73. The first-order valence-corrected chi connectivity index (χ1v) is 6.71. The van der Waals surface area contributed by atoms with E-state index in [1.54, 1.807) is 0 Å². The van der Waals surface area contributed by atoms with Gasteiger partial charge in [0.2, 0.25) is 0 Å². The van der Waals surface area contributed by atoms with Gasteiger partial charge < -0.3 is 35.7 Å². The molecule has 7 nitrogen and oxygen atoms in total. The third kappa shape index (κ3) is 5.84. The van der Waals surface area contributed by atoms with Crippen molar-refractivity contribution in [2.45, 2.75) is 56.7 Å². The Morgan fingerprint density at radius 3 is 2.00 bits per heavy atom. The normalized spacial score (nSPS) is 20.3. The summed E-state index contributed by atoms with van der Waals surface area (Å²) >= 11 is 0. The molecule has 120 valence electrons. The Labute approximate surface area is 118 Å². The van der Waals surface area contributed by atoms with Gasteiger partial charge in [-0.3, -0.25) is 0 Å². The molecule has 0 amide bonds. The van der Waals surface area contributed by atoms with Gasteiger partial charge in [0, 0.05) is 0 Å². The molecule has 7 N–H and O–H groups in total. The third-order valence-electron chi connectivity index (χ3n) is 3.16. The van der Waals surface area contributed by atoms with E-state index in [-0.39, 0.29) is 6.61 Å². The lowest BCUT2D eigenvalue weighted by Gasteiger charge is -2.29. The topological polar surface area (TPSA) is 142 Å². The minimum Gasteiger partial charge on any atom is -0.394 e. The second-order valence-electron chi connectivity index (χ2n) is 4.73. The summed E-state index contributed by atoms with van der Waals surface area (Å²) in [7, 11) is 0. The quantitative estimate of drug-likeness (QED) is 0.229. The molecule has 0 aromatic heterocycles. The van der Waals surface area contributed by atoms with E-state index in [9.17, 15) is 25.5 Å². The number of hydrogen-bond acceptors (Lipinski definition) is 7. The van der Waals surface area contributed by atoms with Gasteiger partial charge in [0.1, 0.15) is 30.5 Å². The van der Waals surface area contributed by atoms with E-state index in [2.05, 4.69) is 0 Å². The molecule has 0 bridgehead atoms. The standard InChI is InChI=1S/C13H26O7/c1-2-3-4-8(5-6-14)10(17)12(19)13(20)11(18)9(16)7-15/h5,9-20H,2-4,6-7H2,1H3/t9-,10?,11-,12+,13+/m1/s1. The van der Waals surface area contributed by atoms with E-state index < -0.39 is 37.1 Å². The van der Waals surface area contributed by atoms with Gasteiger partial charge in [-0.1, -0.05) is 19.4 Å². The number of aliphatic hydroxyl groups excluding tert-OH is 7. The molecule has 0 aromatic carbocycles. The Hall–Kier alpha value is -0.540. The van der Waals surface area contributed by atoms with Gasteiger partial charge in [0.15, 0.2) is 0 Å². The van der Waals surface area contributed by atoms with E-state index in [4.69, 9.17) is 10.2 Å². The van der Waals surface area contributed by atoms with Crippen LogP contribution in [0.1, 0.15) is 26.2 Å². The smallest absolute Gasteiger partial charge is 0.112 e. The number of unbranched alkanes of at least 4 members (excludes halogenated alkanes) is 1. The van der Waals surface area contributed by atoms with Crippen LogP contribution in [0.25, 0.3) is 0 Å². The molecule has 0 spiro atoms. The minimum absolute atomic E-state index is 0.319. The van der Waals surface area contributed by atoms with Gasteiger partial charge in [0.05, 0.1) is 13.2 Å². The zero-order valence-electron chi connectivity index (χ0n) is 11.6. The van der Waals surface area contributed by atoms with Crippen LogP contribution in [-0.4, -0.2) is 79.5 Å². The van der Waals surface area contributed by atoms with Crippen LogP contribution in [0.5, 0.6) is 0 Å². The first kappa shape index (κ1) is 19.5. The van der Waals surface area contributed by atoms with Crippen LogP contribution in [0.3, 0.4) is 0 Å². The number of aliphatic hydroxyl groups is 7. The van der Waals surface area contributed by atoms with Gasteiger partial charge in [0.25, 0.3) is 0 Å². The highest BCUT2D eigenvalue weighted by atomic mass is 16.4. The molecule has 0 aliphatic rings. The molecule has 0 radical (unpaired) electrons. The number of rotatable bonds is 10. The summed E-state index contributed by atoms with van der Waals surface area (Å²) in [5.74, 6) is 0. The lowest BCUT2D eigenvalue weighted by molar-refractivity contribution is -0.135. The Morgan fingerprint density at radius 2 is 1.55 bits per heavy atom. The average molecular weight is 294 g/mol. The lowest BCUT2D eigenvalue weighted by Crippen LogP contribution is -2.50. The van der Waals surface area contributed by atoms with Crippen LogP contribution < -0.4 is 0 Å². The van der Waals surface area contributed by atoms with Gasteiger partial charge >= 0.3 is 0 Å². The molecular formula is C13H26O7. The van der Waals surface area contributed by atoms with Crippen molar-refractivity contribution in [3.63, 3.8) is 0 Å². The summed E-state index contributed by atoms with van der Waals surface area (Å²) in [6, 6.07) is 0. The van der Waals surface area contributed by atoms with Crippen molar-refractivity contribution in [2.24, 2.45) is 0 Å². The van der Waals surface area contributed by atoms with Crippen molar-refractivity contribution >= 4 is 0 Å². The van der Waals surface area contributed by atoms with E-state index in [1.807, 2.05) is 6.92 Å². The van der Waals surface area contributed by atoms with Gasteiger partial charge in [-0.15, -0.1) is 0 Å². The Kier molecular flexibility index (Phi) is 9.95. The fourth-order valence-corrected chi connectivity index (χ4v) is 1.81. The van der Waals surface area contributed by atoms with Crippen molar-refractivity contribution < 1.29 is 35.7 Å². The predicted octanol–water partition coefficient (Wildman–Crippen LogP) is -2.11. The highest BCUT2D eigenvalue weighted by Gasteiger charge is 2.35. The summed E-state index contributed by atoms with van der Waals surface area (Å²) in [5.41, 5.74) is 0.353. The maximum Gasteiger partial charge on any atom is 0.112 e. The van der Waals surface area contributed by atoms with Crippen molar-refractivity contribution in [1.29, 1.82) is 0 Å². The van der Waals surface area contributed by atoms with E-state index in [0.29, 0.717) is 12.0 Å². The fraction of sp³-hybridized carbons (Fsp3) is 0.846. The van der Waals surface area contributed by atoms with Gasteiger partial charge in [-0.2, -0.15) is 0 Å². The average Bonchev–Trinajstić information content (AvgIpc) is 2.47. The molecule has 0 aromatic rings. The van der Waals surface area contributed by atoms with Gasteiger partial charge in [-0.05, 0) is 18.4 Å². The molecule has 0 rings (SSSR count). The Morgan fingerprint density at radius 1 is 0.950 bits per heavy atom. The molecule has 7 heteroatoms. The van der Waals surface area contributed by atoms with E-state index >= 15 is 0 Å². The molecule has 0 saturated heterocycles. The van der Waals surface area contributed by atoms with Crippen LogP contribution in [0.15, 0.2) is 11.6 Å². The Bertz CT molecular complexity index is 282. The third-order valence-corrected chi connectivity index (χ3v) is 3.16. The van der Waals surface area contributed by atoms with Gasteiger partial charge in [-0.25, -0.2) is 0 Å². The largest absolute Gasteiger partial charge is 0.394 e. The summed E-state index contributed by atoms with van der Waals surface area (Å²) < 4.78 is 0. The van der Waals surface area contributed by atoms with Crippen molar-refractivity contribution in [3.8, 4) is 0 Å². The maximum absolute atomic E-state index is 9.96. The summed E-state index contributed by atoms with van der Waals surface area (Å²) in [6.45, 7) is 0.840. The second kappa shape index (κ2) is 10.2. The first-order chi connectivity index (χ1) is 9.40. The van der Waals surface area contributed by atoms with Crippen LogP contribution >= 0.6 is 0 Å². The van der Waals surface area contributed by atoms with Crippen LogP contribution in [0.2, 0.25) is 0 Å². The molecule has 20 heavy (non-hydrogen) atoms. The van der Waals surface area contributed by atoms with E-state index in [1.165, 1.54) is 6.08 Å². The summed E-state index contributed by atoms with van der Waals surface area (Å²) in [5, 5.41) is 65.7. The zero-order chi connectivity index (χ0) is 15.7. The predicted molar refractivity (Wildman–Crippen MR) is 71.8 cm³/mol. The maximum atomic E-state index is 9.96. The summed E-state index contributed by atoms with van der Waals surface area (Å²) in [6.07, 6.45) is -5.08. The van der Waals surface area contributed by atoms with E-state index in [0.717, 1.165) is 12.8 Å². The van der Waals surface area contributed by atoms with Crippen LogP contribution in [0.4, 0.5) is 0 Å². The zero-order valence-corrected chi connectivity index (χ0v) is 11.6. The Balaban J connectivity index is 4.78. The van der Waals surface area contributed by atoms with Crippen molar-refractivity contribution in [2.75, 3.05) is 13.2 Å². The first-order valence-electron chi connectivity index (χ1n) is 6.71. The highest BCUT2D eigenvalue weighted by molar-refractivity contribution is 5.11. The monoisotopic (exact) mass is 294 g/mol. The fourth-order valence-electron chi connectivity index (χ4n) is 1.81. The lowest BCUT2D eigenvalue weighted by atomic mass is 9.92. The molecule has 0 aliphatic carbocycles. The number of hydrogen-bond donors (Lipinski definition) is 7. The highest BCUT2D eigenvalue weighted by Crippen LogP contribution is 2.18. The van der Waals surface area contributed by atoms with Crippen LogP contribution in [0, 0.1) is 0 Å². The molecule has 5 atom stereocenters. The van der Waals surface area contributed by atoms with Crippen molar-refractivity contribution in [1.82, 2.24) is 0 Å². The molecular weight excluding hydrogens is 268 g/mol. The molecule has 0 saturated carbocycles. The molecule has 0 aliphatic heterocycles. The van der Waals surface area contributed by atoms with Crippen LogP contribution in [-0.2, 0) is 0 Å². The summed E-state index contributed by atoms with van der Waals surface area (Å²) in [4.78, 5) is 0.